The van der Waals surface area contributed by atoms with Crippen LogP contribution < -0.4 is 5.32 Å². The normalized spacial score (nSPS) is 11.1. The number of aryl methyl sites for hydroxylation is 1. The third-order valence-corrected chi connectivity index (χ3v) is 3.63. The second kappa shape index (κ2) is 5.97. The highest BCUT2D eigenvalue weighted by Crippen LogP contribution is 2.18. The Labute approximate surface area is 123 Å². The second-order valence-electron chi connectivity index (χ2n) is 5.20. The van der Waals surface area contributed by atoms with E-state index in [0.29, 0.717) is 12.2 Å². The van der Waals surface area contributed by atoms with Crippen molar-refractivity contribution >= 4 is 10.9 Å². The van der Waals surface area contributed by atoms with Gasteiger partial charge in [-0.3, -0.25) is 4.98 Å². The van der Waals surface area contributed by atoms with Crippen molar-refractivity contribution in [3.63, 3.8) is 0 Å². The molecular weight excluding hydrogens is 262 g/mol. The lowest BCUT2D eigenvalue weighted by Gasteiger charge is -2.06. The Morgan fingerprint density at radius 1 is 1.19 bits per heavy atom. The number of hydrogen-bond acceptors (Lipinski definition) is 3. The van der Waals surface area contributed by atoms with Gasteiger partial charge in [0.05, 0.1) is 5.69 Å². The number of para-hydroxylation sites is 1. The second-order valence-corrected chi connectivity index (χ2v) is 5.20. The third-order valence-electron chi connectivity index (χ3n) is 3.63. The molecule has 2 aromatic heterocycles. The minimum Gasteiger partial charge on any atom is -0.506 e. The lowest BCUT2D eigenvalue weighted by atomic mass is 10.1. The predicted octanol–water partition coefficient (Wildman–Crippen LogP) is 2.91. The van der Waals surface area contributed by atoms with Gasteiger partial charge in [-0.15, -0.1) is 0 Å². The fourth-order valence-electron chi connectivity index (χ4n) is 2.50. The Balaban J connectivity index is 1.58. The largest absolute Gasteiger partial charge is 0.506 e. The number of hydrogen-bond donors (Lipinski definition) is 3. The minimum atomic E-state index is 0.250. The van der Waals surface area contributed by atoms with Gasteiger partial charge in [0.25, 0.3) is 0 Å². The molecule has 1 aromatic carbocycles. The number of rotatable bonds is 5. The van der Waals surface area contributed by atoms with E-state index < -0.39 is 0 Å². The van der Waals surface area contributed by atoms with Crippen molar-refractivity contribution in [3.05, 3.63) is 59.5 Å². The highest BCUT2D eigenvalue weighted by Gasteiger charge is 2.04. The van der Waals surface area contributed by atoms with Crippen molar-refractivity contribution in [2.24, 2.45) is 0 Å². The van der Waals surface area contributed by atoms with Crippen molar-refractivity contribution in [3.8, 4) is 5.75 Å². The fraction of sp³-hybridized carbons (Fsp3) is 0.235. The molecule has 0 bridgehead atoms. The van der Waals surface area contributed by atoms with Gasteiger partial charge in [-0.05, 0) is 43.7 Å². The van der Waals surface area contributed by atoms with E-state index >= 15 is 0 Å². The molecule has 0 aliphatic heterocycles. The predicted molar refractivity (Wildman–Crippen MR) is 84.3 cm³/mol. The van der Waals surface area contributed by atoms with Gasteiger partial charge in [0.2, 0.25) is 0 Å². The van der Waals surface area contributed by atoms with Gasteiger partial charge in [-0.25, -0.2) is 0 Å². The zero-order valence-electron chi connectivity index (χ0n) is 12.1. The summed E-state index contributed by atoms with van der Waals surface area (Å²) in [5.41, 5.74) is 4.10. The number of aromatic nitrogens is 2. The topological polar surface area (TPSA) is 60.9 Å². The lowest BCUT2D eigenvalue weighted by molar-refractivity contribution is 0.459. The summed E-state index contributed by atoms with van der Waals surface area (Å²) >= 11 is 0. The maximum Gasteiger partial charge on any atom is 0.138 e. The highest BCUT2D eigenvalue weighted by molar-refractivity contribution is 5.83. The summed E-state index contributed by atoms with van der Waals surface area (Å²) in [5, 5.41) is 14.4. The number of H-pyrrole nitrogens is 1. The molecule has 21 heavy (non-hydrogen) atoms. The van der Waals surface area contributed by atoms with Gasteiger partial charge in [-0.2, -0.15) is 0 Å². The molecule has 108 valence electrons. The van der Waals surface area contributed by atoms with Gasteiger partial charge < -0.3 is 15.4 Å². The molecule has 0 radical (unpaired) electrons. The van der Waals surface area contributed by atoms with E-state index in [4.69, 9.17) is 0 Å². The van der Waals surface area contributed by atoms with Crippen LogP contribution in [0.1, 0.15) is 17.0 Å². The van der Waals surface area contributed by atoms with Crippen LogP contribution in [0.5, 0.6) is 5.75 Å². The first-order chi connectivity index (χ1) is 10.2. The summed E-state index contributed by atoms with van der Waals surface area (Å²) in [6.45, 7) is 3.35. The molecule has 2 heterocycles. The van der Waals surface area contributed by atoms with Crippen molar-refractivity contribution in [1.82, 2.24) is 15.3 Å². The number of nitrogens with one attached hydrogen (secondary N) is 2. The smallest absolute Gasteiger partial charge is 0.138 e. The summed E-state index contributed by atoms with van der Waals surface area (Å²) in [6.07, 6.45) is 3.01. The molecule has 3 aromatic rings. The van der Waals surface area contributed by atoms with Crippen molar-refractivity contribution in [1.29, 1.82) is 0 Å². The number of fused-ring (bicyclic) bond motifs is 1. The Morgan fingerprint density at radius 3 is 2.95 bits per heavy atom. The number of aromatic amines is 1. The summed E-state index contributed by atoms with van der Waals surface area (Å²) in [5.74, 6) is 0.250. The zero-order valence-corrected chi connectivity index (χ0v) is 12.1. The van der Waals surface area contributed by atoms with Crippen LogP contribution in [0.2, 0.25) is 0 Å². The van der Waals surface area contributed by atoms with Crippen LogP contribution >= 0.6 is 0 Å². The quantitative estimate of drug-likeness (QED) is 0.630. The minimum absolute atomic E-state index is 0.250. The van der Waals surface area contributed by atoms with E-state index in [1.54, 1.807) is 6.07 Å². The molecule has 4 nitrogen and oxygen atoms in total. The number of aromatic hydroxyl groups is 1. The highest BCUT2D eigenvalue weighted by atomic mass is 16.3. The van der Waals surface area contributed by atoms with E-state index in [2.05, 4.69) is 39.7 Å². The maximum absolute atomic E-state index is 9.75. The average molecular weight is 281 g/mol. The molecule has 0 saturated carbocycles. The summed E-state index contributed by atoms with van der Waals surface area (Å²) < 4.78 is 0. The van der Waals surface area contributed by atoms with Crippen LogP contribution in [0, 0.1) is 6.92 Å². The van der Waals surface area contributed by atoms with Crippen molar-refractivity contribution in [2.75, 3.05) is 6.54 Å². The van der Waals surface area contributed by atoms with Gasteiger partial charge in [0.15, 0.2) is 0 Å². The van der Waals surface area contributed by atoms with Gasteiger partial charge in [0.1, 0.15) is 5.75 Å². The van der Waals surface area contributed by atoms with Crippen LogP contribution in [-0.4, -0.2) is 21.6 Å². The molecule has 0 unspecified atom stereocenters. The van der Waals surface area contributed by atoms with E-state index in [1.165, 1.54) is 16.5 Å². The average Bonchev–Trinajstić information content (AvgIpc) is 2.90. The Bertz CT molecular complexity index is 749. The number of pyridine rings is 1. The van der Waals surface area contributed by atoms with Crippen LogP contribution in [0.4, 0.5) is 0 Å². The summed E-state index contributed by atoms with van der Waals surface area (Å²) in [6, 6.07) is 11.8. The van der Waals surface area contributed by atoms with Gasteiger partial charge >= 0.3 is 0 Å². The van der Waals surface area contributed by atoms with E-state index in [-0.39, 0.29) is 5.75 Å². The SMILES string of the molecule is Cc1ccc(O)c(CNCCc2c[nH]c3ccccc23)n1. The summed E-state index contributed by atoms with van der Waals surface area (Å²) in [4.78, 5) is 7.62. The number of nitrogens with zero attached hydrogens (tertiary/aromatic N) is 1. The maximum atomic E-state index is 9.75. The van der Waals surface area contributed by atoms with Crippen LogP contribution in [0.15, 0.2) is 42.6 Å². The molecule has 0 spiro atoms. The van der Waals surface area contributed by atoms with Crippen molar-refractivity contribution in [2.45, 2.75) is 19.9 Å². The zero-order chi connectivity index (χ0) is 14.7. The first-order valence-corrected chi connectivity index (χ1v) is 7.15. The van der Waals surface area contributed by atoms with Gasteiger partial charge in [0, 0.05) is 29.3 Å². The van der Waals surface area contributed by atoms with Gasteiger partial charge in [-0.1, -0.05) is 18.2 Å². The van der Waals surface area contributed by atoms with E-state index in [9.17, 15) is 5.11 Å². The first-order valence-electron chi connectivity index (χ1n) is 7.15. The number of benzene rings is 1. The molecule has 0 fully saturated rings. The molecule has 0 atom stereocenters. The molecule has 3 N–H and O–H groups in total. The standard InChI is InChI=1S/C17H19N3O/c1-12-6-7-17(21)16(20-12)11-18-9-8-13-10-19-15-5-3-2-4-14(13)15/h2-7,10,18-19,21H,8-9,11H2,1H3. The lowest BCUT2D eigenvalue weighted by Crippen LogP contribution is -2.17. The van der Waals surface area contributed by atoms with Crippen LogP contribution in [-0.2, 0) is 13.0 Å². The molecular formula is C17H19N3O. The Kier molecular flexibility index (Phi) is 3.88. The molecule has 0 saturated heterocycles. The van der Waals surface area contributed by atoms with Crippen molar-refractivity contribution < 1.29 is 5.11 Å². The third kappa shape index (κ3) is 3.06. The fourth-order valence-corrected chi connectivity index (χ4v) is 2.50. The Morgan fingerprint density at radius 2 is 2.05 bits per heavy atom. The molecule has 0 amide bonds. The molecule has 3 rings (SSSR count). The van der Waals surface area contributed by atoms with E-state index in [0.717, 1.165) is 18.7 Å². The van der Waals surface area contributed by atoms with Crippen LogP contribution in [0.25, 0.3) is 10.9 Å². The Hall–Kier alpha value is -2.33. The van der Waals surface area contributed by atoms with Crippen LogP contribution in [0.3, 0.4) is 0 Å². The molecule has 0 aliphatic carbocycles. The summed E-state index contributed by atoms with van der Waals surface area (Å²) in [7, 11) is 0. The monoisotopic (exact) mass is 281 g/mol. The first kappa shape index (κ1) is 13.6. The molecule has 4 heteroatoms. The van der Waals surface area contributed by atoms with E-state index in [1.807, 2.05) is 19.1 Å². The molecule has 0 aliphatic rings.